The molecule has 3 aromatic rings. The number of pyridine rings is 2. The number of hydrogen-bond donors (Lipinski definition) is 1. The Morgan fingerprint density at radius 2 is 1.71 bits per heavy atom. The van der Waals surface area contributed by atoms with Crippen LogP contribution in [-0.2, 0) is 0 Å². The van der Waals surface area contributed by atoms with E-state index in [1.54, 1.807) is 12.4 Å². The van der Waals surface area contributed by atoms with Crippen molar-refractivity contribution in [1.82, 2.24) is 9.97 Å². The zero-order valence-electron chi connectivity index (χ0n) is 19.1. The summed E-state index contributed by atoms with van der Waals surface area (Å²) in [4.78, 5) is 21.1. The van der Waals surface area contributed by atoms with E-state index in [-0.39, 0.29) is 17.2 Å². The van der Waals surface area contributed by atoms with Crippen LogP contribution < -0.4 is 5.32 Å². The van der Waals surface area contributed by atoms with Gasteiger partial charge >= 0.3 is 0 Å². The van der Waals surface area contributed by atoms with E-state index < -0.39 is 34.6 Å². The molecular formula is C27H26F3N3O. The number of anilines is 1. The average molecular weight is 466 g/mol. The molecule has 4 rings (SSSR count). The molecule has 4 nitrogen and oxygen atoms in total. The van der Waals surface area contributed by atoms with Crippen LogP contribution in [0.15, 0.2) is 49.3 Å². The molecule has 1 saturated carbocycles. The van der Waals surface area contributed by atoms with Gasteiger partial charge in [-0.15, -0.1) is 0 Å². The highest BCUT2D eigenvalue weighted by Crippen LogP contribution is 2.41. The Bertz CT molecular complexity index is 1210. The van der Waals surface area contributed by atoms with Gasteiger partial charge in [-0.2, -0.15) is 0 Å². The molecule has 2 aromatic heterocycles. The van der Waals surface area contributed by atoms with Gasteiger partial charge in [0.15, 0.2) is 0 Å². The smallest absolute Gasteiger partial charge is 0.274 e. The Morgan fingerprint density at radius 1 is 1.03 bits per heavy atom. The first-order chi connectivity index (χ1) is 16.3. The lowest BCUT2D eigenvalue weighted by Gasteiger charge is -2.32. The summed E-state index contributed by atoms with van der Waals surface area (Å²) in [5, 5.41) is 2.81. The van der Waals surface area contributed by atoms with E-state index in [4.69, 9.17) is 0 Å². The molecule has 1 fully saturated rings. The van der Waals surface area contributed by atoms with Gasteiger partial charge in [0, 0.05) is 6.20 Å². The number of nitrogens with zero attached hydrogens (tertiary/aromatic N) is 2. The lowest BCUT2D eigenvalue weighted by molar-refractivity contribution is 0.102. The van der Waals surface area contributed by atoms with Gasteiger partial charge in [0.2, 0.25) is 0 Å². The summed E-state index contributed by atoms with van der Waals surface area (Å²) in [6.07, 6.45) is 7.75. The minimum Gasteiger partial charge on any atom is -0.319 e. The van der Waals surface area contributed by atoms with Crippen LogP contribution in [0.3, 0.4) is 0 Å². The van der Waals surface area contributed by atoms with E-state index in [1.807, 2.05) is 6.07 Å². The van der Waals surface area contributed by atoms with Gasteiger partial charge in [-0.25, -0.2) is 18.2 Å². The number of halogens is 3. The van der Waals surface area contributed by atoms with Crippen LogP contribution in [0.1, 0.15) is 60.6 Å². The monoisotopic (exact) mass is 465 g/mol. The average Bonchev–Trinajstić information content (AvgIpc) is 2.79. The van der Waals surface area contributed by atoms with Crippen molar-refractivity contribution in [2.75, 3.05) is 5.32 Å². The second-order valence-corrected chi connectivity index (χ2v) is 9.12. The third-order valence-electron chi connectivity index (χ3n) is 6.34. The molecule has 0 radical (unpaired) electrons. The van der Waals surface area contributed by atoms with Crippen molar-refractivity contribution in [2.24, 2.45) is 11.8 Å². The van der Waals surface area contributed by atoms with E-state index in [0.717, 1.165) is 36.6 Å². The first-order valence-electron chi connectivity index (χ1n) is 11.3. The maximum Gasteiger partial charge on any atom is 0.274 e. The van der Waals surface area contributed by atoms with Crippen molar-refractivity contribution >= 4 is 17.7 Å². The van der Waals surface area contributed by atoms with Gasteiger partial charge < -0.3 is 5.32 Å². The summed E-state index contributed by atoms with van der Waals surface area (Å²) in [5.74, 6) is -2.11. The third-order valence-corrected chi connectivity index (χ3v) is 6.34. The number of rotatable bonds is 5. The fourth-order valence-corrected chi connectivity index (χ4v) is 4.93. The lowest BCUT2D eigenvalue weighted by Crippen LogP contribution is -2.21. The molecule has 1 amide bonds. The number of aromatic nitrogens is 2. The molecule has 0 bridgehead atoms. The second kappa shape index (κ2) is 9.79. The minimum absolute atomic E-state index is 0.164. The Hall–Kier alpha value is -3.48. The Balaban J connectivity index is 1.65. The molecule has 176 valence electrons. The van der Waals surface area contributed by atoms with Gasteiger partial charge in [0.05, 0.1) is 17.4 Å². The zero-order valence-corrected chi connectivity index (χ0v) is 19.1. The molecule has 2 heterocycles. The number of benzene rings is 1. The van der Waals surface area contributed by atoms with Crippen LogP contribution in [0.2, 0.25) is 0 Å². The first kappa shape index (κ1) is 23.7. The minimum atomic E-state index is -0.992. The van der Waals surface area contributed by atoms with Crippen LogP contribution in [0.4, 0.5) is 18.9 Å². The fourth-order valence-electron chi connectivity index (χ4n) is 4.93. The summed E-state index contributed by atoms with van der Waals surface area (Å²) < 4.78 is 43.6. The lowest BCUT2D eigenvalue weighted by atomic mass is 9.74. The van der Waals surface area contributed by atoms with Gasteiger partial charge in [0.1, 0.15) is 28.8 Å². The molecule has 1 aliphatic carbocycles. The van der Waals surface area contributed by atoms with Crippen molar-refractivity contribution < 1.29 is 18.0 Å². The van der Waals surface area contributed by atoms with E-state index in [9.17, 15) is 18.0 Å². The molecular weight excluding hydrogens is 439 g/mol. The van der Waals surface area contributed by atoms with Crippen molar-refractivity contribution in [1.29, 1.82) is 0 Å². The summed E-state index contributed by atoms with van der Waals surface area (Å²) in [6, 6.07) is 6.14. The van der Waals surface area contributed by atoms with E-state index in [0.29, 0.717) is 17.5 Å². The Labute approximate surface area is 197 Å². The molecule has 0 aliphatic heterocycles. The molecule has 0 spiro atoms. The van der Waals surface area contributed by atoms with Crippen LogP contribution in [0.5, 0.6) is 0 Å². The topological polar surface area (TPSA) is 54.9 Å². The summed E-state index contributed by atoms with van der Waals surface area (Å²) in [5.41, 5.74) is 0.386. The van der Waals surface area contributed by atoms with Crippen molar-refractivity contribution in [2.45, 2.75) is 39.0 Å². The first-order valence-corrected chi connectivity index (χ1v) is 11.3. The van der Waals surface area contributed by atoms with Gasteiger partial charge in [-0.05, 0) is 78.5 Å². The zero-order chi connectivity index (χ0) is 24.4. The fraction of sp³-hybridized carbons (Fsp3) is 0.296. The van der Waals surface area contributed by atoms with Crippen LogP contribution >= 0.6 is 0 Å². The largest absolute Gasteiger partial charge is 0.319 e. The molecule has 2 unspecified atom stereocenters. The van der Waals surface area contributed by atoms with Crippen LogP contribution in [-0.4, -0.2) is 15.9 Å². The highest BCUT2D eigenvalue weighted by atomic mass is 19.1. The normalized spacial score (nSPS) is 20.1. The second-order valence-electron chi connectivity index (χ2n) is 9.12. The number of nitrogens with one attached hydrogen (secondary N) is 1. The van der Waals surface area contributed by atoms with Crippen molar-refractivity contribution in [3.8, 4) is 11.3 Å². The number of carbonyl (C=O) groups is 1. The molecule has 0 saturated heterocycles. The molecule has 3 atom stereocenters. The predicted octanol–water partition coefficient (Wildman–Crippen LogP) is 7.00. The van der Waals surface area contributed by atoms with Crippen molar-refractivity contribution in [3.05, 3.63) is 83.6 Å². The number of carbonyl (C=O) groups excluding carboxylic acids is 1. The highest BCUT2D eigenvalue weighted by Gasteiger charge is 2.27. The van der Waals surface area contributed by atoms with Crippen LogP contribution in [0.25, 0.3) is 17.3 Å². The maximum absolute atomic E-state index is 14.6. The summed E-state index contributed by atoms with van der Waals surface area (Å²) >= 11 is 0. The molecule has 1 aliphatic rings. The van der Waals surface area contributed by atoms with Gasteiger partial charge in [-0.3, -0.25) is 9.78 Å². The molecule has 1 aromatic carbocycles. The predicted molar refractivity (Wildman–Crippen MR) is 127 cm³/mol. The van der Waals surface area contributed by atoms with Gasteiger partial charge in [-0.1, -0.05) is 26.5 Å². The Kier molecular flexibility index (Phi) is 6.82. The molecule has 7 heteroatoms. The summed E-state index contributed by atoms with van der Waals surface area (Å²) in [7, 11) is 0. The van der Waals surface area contributed by atoms with E-state index in [1.165, 1.54) is 18.6 Å². The van der Waals surface area contributed by atoms with Crippen molar-refractivity contribution in [3.63, 3.8) is 0 Å². The SMILES string of the molecule is C=Cc1cc(F)c(-c2nc(C(=O)Nc3cnccc3C3CC(C)C[C@@H](C)C3)ccc2F)c(F)c1. The number of amides is 1. The molecule has 1 N–H and O–H groups in total. The highest BCUT2D eigenvalue weighted by molar-refractivity contribution is 6.03. The Morgan fingerprint density at radius 3 is 2.35 bits per heavy atom. The quantitative estimate of drug-likeness (QED) is 0.442. The van der Waals surface area contributed by atoms with E-state index >= 15 is 0 Å². The van der Waals surface area contributed by atoms with E-state index in [2.05, 4.69) is 35.7 Å². The standard InChI is InChI=1S/C27H26F3N3O/c1-4-17-12-21(29)25(22(30)13-17)26-20(28)5-6-23(32-26)27(34)33-24-14-31-8-7-19(24)18-10-15(2)9-16(3)11-18/h4-8,12-16,18H,1,9-11H2,2-3H3,(H,33,34)/t15-,16?,18?/m1/s1. The number of hydrogen-bond acceptors (Lipinski definition) is 3. The van der Waals surface area contributed by atoms with Crippen LogP contribution in [0, 0.1) is 29.3 Å². The maximum atomic E-state index is 14.6. The summed E-state index contributed by atoms with van der Waals surface area (Å²) in [6.45, 7) is 7.93. The third kappa shape index (κ3) is 4.88. The van der Waals surface area contributed by atoms with Gasteiger partial charge in [0.25, 0.3) is 5.91 Å². The molecule has 34 heavy (non-hydrogen) atoms.